The molecule has 2 heterocycles. The van der Waals surface area contributed by atoms with E-state index in [1.165, 1.54) is 28.8 Å². The first-order chi connectivity index (χ1) is 20.4. The largest absolute Gasteiger partial charge is 0.870 e. The highest BCUT2D eigenvalue weighted by molar-refractivity contribution is 7.82. The quantitative estimate of drug-likeness (QED) is 0.142. The molecule has 0 radical (unpaired) electrons. The zero-order chi connectivity index (χ0) is 29.2. The van der Waals surface area contributed by atoms with E-state index in [1.54, 1.807) is 10.7 Å². The van der Waals surface area contributed by atoms with Crippen LogP contribution in [0.15, 0.2) is 83.1 Å². The van der Waals surface area contributed by atoms with Crippen LogP contribution in [0.3, 0.4) is 0 Å². The summed E-state index contributed by atoms with van der Waals surface area (Å²) in [5.41, 5.74) is 4.95. The van der Waals surface area contributed by atoms with Crippen LogP contribution >= 0.6 is 11.3 Å². The number of thiol groups is 1. The molecule has 1 atom stereocenters. The number of aromatic carboxylic acids is 1. The summed E-state index contributed by atoms with van der Waals surface area (Å²) in [6, 6.07) is 22.1. The van der Waals surface area contributed by atoms with Crippen molar-refractivity contribution in [2.45, 2.75) is 37.2 Å². The summed E-state index contributed by atoms with van der Waals surface area (Å²) in [5, 5.41) is 21.9. The third kappa shape index (κ3) is 6.89. The van der Waals surface area contributed by atoms with Crippen LogP contribution in [0.5, 0.6) is 5.75 Å². The first kappa shape index (κ1) is 30.2. The fourth-order valence-corrected chi connectivity index (χ4v) is 6.11. The molecule has 1 unspecified atom stereocenters. The number of hydrogen-bond acceptors (Lipinski definition) is 7. The summed E-state index contributed by atoms with van der Waals surface area (Å²) < 4.78 is 34.4. The Morgan fingerprint density at radius 3 is 2.56 bits per heavy atom. The van der Waals surface area contributed by atoms with Crippen molar-refractivity contribution in [2.75, 3.05) is 0 Å². The monoisotopic (exact) mass is 620 g/mol. The molecular weight excluding hydrogens is 591 g/mol. The number of rotatable bonds is 11. The van der Waals surface area contributed by atoms with Crippen LogP contribution in [0, 0.1) is 11.7 Å². The summed E-state index contributed by atoms with van der Waals surface area (Å²) in [7, 11) is -2.30. The van der Waals surface area contributed by atoms with Gasteiger partial charge in [0.25, 0.3) is 0 Å². The van der Waals surface area contributed by atoms with Crippen molar-refractivity contribution < 1.29 is 28.7 Å². The zero-order valence-electron chi connectivity index (χ0n) is 22.9. The molecule has 1 saturated carbocycles. The summed E-state index contributed by atoms with van der Waals surface area (Å²) in [4.78, 5) is 15.9. The van der Waals surface area contributed by atoms with Gasteiger partial charge in [0.05, 0.1) is 11.4 Å². The third-order valence-corrected chi connectivity index (χ3v) is 8.80. The molecule has 222 valence electrons. The Kier molecular flexibility index (Phi) is 9.11. The summed E-state index contributed by atoms with van der Waals surface area (Å²) in [6.45, 7) is 0.407. The van der Waals surface area contributed by atoms with E-state index in [2.05, 4.69) is 4.98 Å². The van der Waals surface area contributed by atoms with Crippen LogP contribution in [0.1, 0.15) is 45.7 Å². The van der Waals surface area contributed by atoms with Gasteiger partial charge in [-0.2, -0.15) is 5.10 Å². The van der Waals surface area contributed by atoms with Gasteiger partial charge in [-0.05, 0) is 60.6 Å². The second-order valence-corrected chi connectivity index (χ2v) is 12.2. The van der Waals surface area contributed by atoms with Crippen LogP contribution in [0.2, 0.25) is 0 Å². The van der Waals surface area contributed by atoms with E-state index in [4.69, 9.17) is 15.0 Å². The van der Waals surface area contributed by atoms with Gasteiger partial charge in [-0.3, -0.25) is 0 Å². The van der Waals surface area contributed by atoms with Crippen molar-refractivity contribution in [3.8, 4) is 22.1 Å². The topological polar surface area (TPSA) is 150 Å². The van der Waals surface area contributed by atoms with Crippen LogP contribution in [-0.4, -0.2) is 31.3 Å². The number of aromatic nitrogens is 3. The Morgan fingerprint density at radius 2 is 1.88 bits per heavy atom. The van der Waals surface area contributed by atoms with Crippen LogP contribution in [0.25, 0.3) is 16.4 Å². The molecule has 6 rings (SSSR count). The van der Waals surface area contributed by atoms with Gasteiger partial charge in [-0.15, -0.1) is 16.5 Å². The maximum absolute atomic E-state index is 14.8. The van der Waals surface area contributed by atoms with E-state index in [0.717, 1.165) is 41.6 Å². The number of thiazole rings is 1. The predicted octanol–water partition coefficient (Wildman–Crippen LogP) is 5.71. The van der Waals surface area contributed by atoms with E-state index < -0.39 is 22.8 Å². The van der Waals surface area contributed by atoms with Crippen molar-refractivity contribution in [3.05, 3.63) is 112 Å². The second kappa shape index (κ2) is 13.0. The van der Waals surface area contributed by atoms with Gasteiger partial charge in [-0.25, -0.2) is 18.9 Å². The van der Waals surface area contributed by atoms with E-state index in [9.17, 15) is 18.5 Å². The smallest absolute Gasteiger partial charge is 0.355 e. The molecule has 3 aromatic carbocycles. The fraction of sp³-hybridized carbons (Fsp3) is 0.194. The Balaban J connectivity index is 0.00000368. The molecule has 0 aliphatic heterocycles. The van der Waals surface area contributed by atoms with Crippen LogP contribution < -0.4 is 9.88 Å². The molecule has 0 bridgehead atoms. The highest BCUT2D eigenvalue weighted by atomic mass is 32.2. The minimum atomic E-state index is -2.30. The van der Waals surface area contributed by atoms with Gasteiger partial charge in [0.2, 0.25) is 10.0 Å². The van der Waals surface area contributed by atoms with E-state index in [1.807, 2.05) is 54.6 Å². The number of nitrogens with zero attached hydrogens (tertiary/aromatic N) is 3. The maximum atomic E-state index is 14.8. The maximum Gasteiger partial charge on any atom is 0.355 e. The van der Waals surface area contributed by atoms with Crippen molar-refractivity contribution in [3.63, 3.8) is 0 Å². The van der Waals surface area contributed by atoms with Crippen LogP contribution in [-0.2, 0) is 34.6 Å². The minimum absolute atomic E-state index is 0. The summed E-state index contributed by atoms with van der Waals surface area (Å²) >= 11 is 1.21. The van der Waals surface area contributed by atoms with Crippen LogP contribution in [0.4, 0.5) is 4.39 Å². The Labute approximate surface area is 253 Å². The SMILES string of the molecule is N[SH+](=O)c1ccc(Cc2c(-c3cccc(OCc4ccccc4)c3)nn(-c3nc(C(=O)O)cs3)c2CC2CC2)cc1F.[OH-]. The standard InChI is InChI=1S/C31H27FN4O4S2.H2O/c32-25-14-21(11-12-28(25)42(33)39)13-24-27(15-19-9-10-19)36(31-34-26(18-41-31)30(37)38)35-29(24)22-7-4-8-23(16-22)40-17-20-5-2-1-3-6-20;/h1-8,11-12,14,16,18-19H,9-10,13,15,17H2,(H2,33,39)(H,37,38);1H2. The highest BCUT2D eigenvalue weighted by Crippen LogP contribution is 2.38. The number of hydrogen-bond donors (Lipinski definition) is 2. The molecule has 2 aromatic heterocycles. The Hall–Kier alpha value is -4.23. The number of carboxylic acid groups (broad SMARTS) is 1. The van der Waals surface area contributed by atoms with Gasteiger partial charge < -0.3 is 15.3 Å². The molecule has 1 fully saturated rings. The minimum Gasteiger partial charge on any atom is -0.870 e. The van der Waals surface area contributed by atoms with Crippen molar-refractivity contribution in [2.24, 2.45) is 11.1 Å². The Bertz CT molecular complexity index is 1790. The molecule has 4 N–H and O–H groups in total. The van der Waals surface area contributed by atoms with Crippen molar-refractivity contribution >= 4 is 28.3 Å². The summed E-state index contributed by atoms with van der Waals surface area (Å²) in [6.07, 6.45) is 3.26. The molecule has 1 aliphatic carbocycles. The number of benzene rings is 3. The first-order valence-electron chi connectivity index (χ1n) is 13.4. The number of carboxylic acids is 1. The zero-order valence-corrected chi connectivity index (χ0v) is 24.6. The number of ether oxygens (including phenoxy) is 1. The van der Waals surface area contributed by atoms with Gasteiger partial charge in [-0.1, -0.05) is 52.7 Å². The Morgan fingerprint density at radius 1 is 1.09 bits per heavy atom. The average Bonchev–Trinajstić information content (AvgIpc) is 3.54. The van der Waals surface area contributed by atoms with Gasteiger partial charge in [0.1, 0.15) is 12.4 Å². The lowest BCUT2D eigenvalue weighted by atomic mass is 9.97. The second-order valence-electron chi connectivity index (χ2n) is 10.2. The molecule has 43 heavy (non-hydrogen) atoms. The van der Waals surface area contributed by atoms with Gasteiger partial charge in [0.15, 0.2) is 22.5 Å². The molecule has 9 nitrogen and oxygen atoms in total. The van der Waals surface area contributed by atoms with E-state index in [0.29, 0.717) is 41.1 Å². The van der Waals surface area contributed by atoms with E-state index >= 15 is 0 Å². The molecular formula is C31H29FN4O5S2. The average molecular weight is 621 g/mol. The van der Waals surface area contributed by atoms with Gasteiger partial charge >= 0.3 is 5.97 Å². The van der Waals surface area contributed by atoms with Gasteiger partial charge in [0, 0.05) is 22.9 Å². The molecule has 12 heteroatoms. The predicted molar refractivity (Wildman–Crippen MR) is 162 cm³/mol. The molecule has 0 amide bonds. The third-order valence-electron chi connectivity index (χ3n) is 7.15. The lowest BCUT2D eigenvalue weighted by Crippen LogP contribution is -2.07. The highest BCUT2D eigenvalue weighted by Gasteiger charge is 2.29. The number of carbonyl (C=O) groups is 1. The number of nitrogens with two attached hydrogens (primary N) is 1. The van der Waals surface area contributed by atoms with Crippen molar-refractivity contribution in [1.29, 1.82) is 0 Å². The molecule has 5 aromatic rings. The van der Waals surface area contributed by atoms with Crippen molar-refractivity contribution in [1.82, 2.24) is 14.8 Å². The fourth-order valence-electron chi connectivity index (χ4n) is 4.84. The lowest BCUT2D eigenvalue weighted by Gasteiger charge is -2.10. The first-order valence-corrected chi connectivity index (χ1v) is 15.6. The normalized spacial score (nSPS) is 13.3. The molecule has 0 spiro atoms. The molecule has 1 aliphatic rings. The number of halogens is 1. The summed E-state index contributed by atoms with van der Waals surface area (Å²) in [5.74, 6) is -0.570. The lowest BCUT2D eigenvalue weighted by molar-refractivity contribution is 0.0691. The molecule has 0 saturated heterocycles. The van der Waals surface area contributed by atoms with E-state index in [-0.39, 0.29) is 16.1 Å².